The molecule has 0 atom stereocenters. The molecular formula is C22H38O6. The molecule has 2 saturated carbocycles. The summed E-state index contributed by atoms with van der Waals surface area (Å²) in [7, 11) is 0. The van der Waals surface area contributed by atoms with Crippen LogP contribution in [0.2, 0.25) is 0 Å². The molecule has 0 radical (unpaired) electrons. The summed E-state index contributed by atoms with van der Waals surface area (Å²) in [6.07, 6.45) is 7.71. The Morgan fingerprint density at radius 2 is 0.964 bits per heavy atom. The van der Waals surface area contributed by atoms with Crippen LogP contribution < -0.4 is 0 Å². The van der Waals surface area contributed by atoms with Crippen molar-refractivity contribution >= 4 is 12.3 Å². The normalized spacial score (nSPS) is 28.1. The fourth-order valence-corrected chi connectivity index (χ4v) is 4.68. The maximum Gasteiger partial charge on any atom is 0.550 e. The number of rotatable bonds is 6. The average Bonchev–Trinajstić information content (AvgIpc) is 2.62. The largest absolute Gasteiger partial charge is 0.550 e. The molecule has 0 unspecified atom stereocenters. The van der Waals surface area contributed by atoms with Crippen molar-refractivity contribution in [1.29, 1.82) is 0 Å². The van der Waals surface area contributed by atoms with E-state index in [-0.39, 0.29) is 12.2 Å². The highest BCUT2D eigenvalue weighted by Crippen LogP contribution is 2.32. The lowest BCUT2D eigenvalue weighted by atomic mass is 9.82. The molecule has 162 valence electrons. The smallest absolute Gasteiger partial charge is 0.428 e. The van der Waals surface area contributed by atoms with Gasteiger partial charge >= 0.3 is 12.3 Å². The van der Waals surface area contributed by atoms with Gasteiger partial charge in [0.05, 0.1) is 0 Å². The predicted molar refractivity (Wildman–Crippen MR) is 106 cm³/mol. The van der Waals surface area contributed by atoms with Gasteiger partial charge in [-0.3, -0.25) is 0 Å². The van der Waals surface area contributed by atoms with E-state index in [2.05, 4.69) is 37.5 Å². The van der Waals surface area contributed by atoms with Crippen molar-refractivity contribution in [1.82, 2.24) is 0 Å². The van der Waals surface area contributed by atoms with Gasteiger partial charge in [-0.15, -0.1) is 0 Å². The van der Waals surface area contributed by atoms with Gasteiger partial charge in [-0.1, -0.05) is 27.7 Å². The van der Waals surface area contributed by atoms with Crippen LogP contribution in [0.25, 0.3) is 0 Å². The van der Waals surface area contributed by atoms with Crippen molar-refractivity contribution in [2.45, 2.75) is 104 Å². The Labute approximate surface area is 169 Å². The van der Waals surface area contributed by atoms with Crippen molar-refractivity contribution < 1.29 is 28.8 Å². The topological polar surface area (TPSA) is 71.1 Å². The van der Waals surface area contributed by atoms with Gasteiger partial charge in [0.2, 0.25) is 0 Å². The molecule has 2 aliphatic carbocycles. The second-order valence-electron chi connectivity index (χ2n) is 9.45. The lowest BCUT2D eigenvalue weighted by Gasteiger charge is -2.29. The number of carbonyl (C=O) groups excluding carboxylic acids is 2. The van der Waals surface area contributed by atoms with E-state index in [0.717, 1.165) is 51.4 Å². The molecule has 0 aliphatic heterocycles. The molecule has 2 fully saturated rings. The van der Waals surface area contributed by atoms with Gasteiger partial charge in [0, 0.05) is 0 Å². The van der Waals surface area contributed by atoms with Crippen LogP contribution in [-0.2, 0) is 19.2 Å². The molecular weight excluding hydrogens is 360 g/mol. The lowest BCUT2D eigenvalue weighted by Crippen LogP contribution is -2.28. The Kier molecular flexibility index (Phi) is 9.39. The second kappa shape index (κ2) is 11.5. The Bertz CT molecular complexity index is 429. The first-order valence-electron chi connectivity index (χ1n) is 11.1. The second-order valence-corrected chi connectivity index (χ2v) is 9.45. The highest BCUT2D eigenvalue weighted by Gasteiger charge is 2.28. The zero-order valence-electron chi connectivity index (χ0n) is 18.0. The lowest BCUT2D eigenvalue weighted by molar-refractivity contribution is -0.226. The third-order valence-electron chi connectivity index (χ3n) is 5.90. The van der Waals surface area contributed by atoms with Crippen LogP contribution in [0.15, 0.2) is 0 Å². The maximum atomic E-state index is 11.7. The van der Waals surface area contributed by atoms with E-state index in [4.69, 9.17) is 9.47 Å². The zero-order chi connectivity index (χ0) is 20.5. The summed E-state index contributed by atoms with van der Waals surface area (Å²) < 4.78 is 10.5. The van der Waals surface area contributed by atoms with Crippen LogP contribution in [0, 0.1) is 23.7 Å². The van der Waals surface area contributed by atoms with E-state index in [1.807, 2.05) is 0 Å². The summed E-state index contributed by atoms with van der Waals surface area (Å²) in [5.74, 6) is 2.80. The Balaban J connectivity index is 1.56. The maximum absolute atomic E-state index is 11.7. The van der Waals surface area contributed by atoms with E-state index in [9.17, 15) is 9.59 Å². The quantitative estimate of drug-likeness (QED) is 0.292. The van der Waals surface area contributed by atoms with Crippen molar-refractivity contribution in [3.8, 4) is 0 Å². The van der Waals surface area contributed by atoms with Gasteiger partial charge in [-0.2, -0.15) is 19.4 Å². The van der Waals surface area contributed by atoms with Gasteiger partial charge in [0.25, 0.3) is 0 Å². The standard InChI is InChI=1S/C22H38O6/c1-15(2)13-17-5-9-19(10-6-17)25-21(23)27-28-22(24)26-20-11-7-18(8-12-20)14-16(3)4/h15-20H,5-14H2,1-4H3. The van der Waals surface area contributed by atoms with Crippen LogP contribution in [0.4, 0.5) is 9.59 Å². The fourth-order valence-electron chi connectivity index (χ4n) is 4.68. The molecule has 0 N–H and O–H groups in total. The minimum Gasteiger partial charge on any atom is -0.428 e. The average molecular weight is 399 g/mol. The number of hydrogen-bond acceptors (Lipinski definition) is 6. The third-order valence-corrected chi connectivity index (χ3v) is 5.90. The van der Waals surface area contributed by atoms with E-state index in [1.165, 1.54) is 12.8 Å². The zero-order valence-corrected chi connectivity index (χ0v) is 18.0. The van der Waals surface area contributed by atoms with Crippen LogP contribution in [0.1, 0.15) is 91.9 Å². The molecule has 0 heterocycles. The third kappa shape index (κ3) is 8.70. The van der Waals surface area contributed by atoms with Crippen molar-refractivity contribution in [2.75, 3.05) is 0 Å². The summed E-state index contributed by atoms with van der Waals surface area (Å²) in [6.45, 7) is 8.92. The molecule has 2 aliphatic rings. The molecule has 0 aromatic heterocycles. The Morgan fingerprint density at radius 1 is 0.643 bits per heavy atom. The van der Waals surface area contributed by atoms with Gasteiger partial charge in [-0.25, -0.2) is 0 Å². The molecule has 0 bridgehead atoms. The first kappa shape index (κ1) is 22.8. The molecule has 28 heavy (non-hydrogen) atoms. The summed E-state index contributed by atoms with van der Waals surface area (Å²) >= 11 is 0. The van der Waals surface area contributed by atoms with Crippen LogP contribution in [-0.4, -0.2) is 24.5 Å². The van der Waals surface area contributed by atoms with Crippen molar-refractivity contribution in [3.63, 3.8) is 0 Å². The molecule has 2 rings (SSSR count). The monoisotopic (exact) mass is 398 g/mol. The van der Waals surface area contributed by atoms with Crippen LogP contribution in [0.5, 0.6) is 0 Å². The summed E-state index contributed by atoms with van der Waals surface area (Å²) in [5.41, 5.74) is 0. The van der Waals surface area contributed by atoms with Crippen LogP contribution >= 0.6 is 0 Å². The highest BCUT2D eigenvalue weighted by atomic mass is 17.3. The minimum atomic E-state index is -0.968. The predicted octanol–water partition coefficient (Wildman–Crippen LogP) is 6.42. The first-order valence-corrected chi connectivity index (χ1v) is 11.1. The van der Waals surface area contributed by atoms with Crippen LogP contribution in [0.3, 0.4) is 0 Å². The van der Waals surface area contributed by atoms with Gasteiger partial charge in [0.1, 0.15) is 12.2 Å². The molecule has 0 amide bonds. The van der Waals surface area contributed by atoms with Crippen molar-refractivity contribution in [2.24, 2.45) is 23.7 Å². The van der Waals surface area contributed by atoms with Crippen molar-refractivity contribution in [3.05, 3.63) is 0 Å². The summed E-state index contributed by atoms with van der Waals surface area (Å²) in [4.78, 5) is 32.4. The highest BCUT2D eigenvalue weighted by molar-refractivity contribution is 5.63. The molecule has 0 spiro atoms. The minimum absolute atomic E-state index is 0.160. The molecule has 0 aromatic rings. The van der Waals surface area contributed by atoms with Gasteiger partial charge in [-0.05, 0) is 87.9 Å². The van der Waals surface area contributed by atoms with Gasteiger partial charge < -0.3 is 9.47 Å². The van der Waals surface area contributed by atoms with Gasteiger partial charge in [0.15, 0.2) is 0 Å². The summed E-state index contributed by atoms with van der Waals surface area (Å²) in [6, 6.07) is 0. The van der Waals surface area contributed by atoms with E-state index < -0.39 is 12.3 Å². The summed E-state index contributed by atoms with van der Waals surface area (Å²) in [5, 5.41) is 0. The SMILES string of the molecule is CC(C)CC1CCC(OC(=O)OOC(=O)OC2CCC(CC(C)C)CC2)CC1. The van der Waals surface area contributed by atoms with E-state index in [0.29, 0.717) is 23.7 Å². The molecule has 6 heteroatoms. The number of carbonyl (C=O) groups is 2. The number of ether oxygens (including phenoxy) is 2. The molecule has 0 saturated heterocycles. The fraction of sp³-hybridized carbons (Fsp3) is 0.909. The Morgan fingerprint density at radius 3 is 1.25 bits per heavy atom. The first-order chi connectivity index (χ1) is 13.3. The van der Waals surface area contributed by atoms with E-state index >= 15 is 0 Å². The molecule has 6 nitrogen and oxygen atoms in total. The Hall–Kier alpha value is -1.46. The molecule has 0 aromatic carbocycles. The number of hydrogen-bond donors (Lipinski definition) is 0. The van der Waals surface area contributed by atoms with E-state index in [1.54, 1.807) is 0 Å².